The molecule has 2 aliphatic heterocycles. The highest BCUT2D eigenvalue weighted by molar-refractivity contribution is 5.98. The second-order valence-electron chi connectivity index (χ2n) is 7.01. The molecule has 0 N–H and O–H groups in total. The third-order valence-corrected chi connectivity index (χ3v) is 4.91. The summed E-state index contributed by atoms with van der Waals surface area (Å²) in [5.74, 6) is 0.885. The number of amides is 1. The van der Waals surface area contributed by atoms with Crippen molar-refractivity contribution in [2.75, 3.05) is 32.9 Å². The topological polar surface area (TPSA) is 82.1 Å². The number of rotatable bonds is 6. The molecule has 1 aromatic rings. The molecule has 1 fully saturated rings. The smallest absolute Gasteiger partial charge is 0.306 e. The second kappa shape index (κ2) is 8.88. The number of nitrogens with zero attached hydrogens (tertiary/aromatic N) is 1. The number of carbonyl (C=O) groups is 3. The Morgan fingerprint density at radius 3 is 2.52 bits per heavy atom. The summed E-state index contributed by atoms with van der Waals surface area (Å²) >= 11 is 0. The number of likely N-dealkylation sites (tertiary alicyclic amines) is 1. The Bertz CT molecular complexity index is 708. The van der Waals surface area contributed by atoms with Gasteiger partial charge in [0.25, 0.3) is 5.91 Å². The average molecular weight is 375 g/mol. The number of hydrogen-bond acceptors (Lipinski definition) is 6. The first kappa shape index (κ1) is 19.2. The number of ketones is 1. The fourth-order valence-electron chi connectivity index (χ4n) is 3.14. The molecule has 0 unspecified atom stereocenters. The molecule has 7 heteroatoms. The minimum atomic E-state index is -0.542. The highest BCUT2D eigenvalue weighted by Crippen LogP contribution is 2.31. The standard InChI is InChI=1S/C20H25NO6/c1-14-6-8-21(9-7-14)19(23)13-27-20(24)5-3-16(22)15-2-4-17-18(12-15)26-11-10-25-17/h2,4,12,14H,3,5-11,13H2,1H3. The quantitative estimate of drug-likeness (QED) is 0.560. The summed E-state index contributed by atoms with van der Waals surface area (Å²) in [7, 11) is 0. The minimum absolute atomic E-state index is 0.0217. The number of Topliss-reactive ketones (excluding diaryl/α,β-unsaturated/α-hetero) is 1. The van der Waals surface area contributed by atoms with Gasteiger partial charge in [0, 0.05) is 25.1 Å². The Morgan fingerprint density at radius 2 is 1.78 bits per heavy atom. The number of carbonyl (C=O) groups excluding carboxylic acids is 3. The predicted molar refractivity (Wildman–Crippen MR) is 96.9 cm³/mol. The first-order valence-corrected chi connectivity index (χ1v) is 9.39. The Hall–Kier alpha value is -2.57. The Balaban J connectivity index is 1.41. The van der Waals surface area contributed by atoms with Crippen LogP contribution in [0.2, 0.25) is 0 Å². The zero-order valence-electron chi connectivity index (χ0n) is 15.6. The van der Waals surface area contributed by atoms with Crippen LogP contribution in [0.15, 0.2) is 18.2 Å². The van der Waals surface area contributed by atoms with Crippen molar-refractivity contribution in [2.24, 2.45) is 5.92 Å². The van der Waals surface area contributed by atoms with Crippen molar-refractivity contribution in [1.82, 2.24) is 4.90 Å². The van der Waals surface area contributed by atoms with Crippen LogP contribution in [0.25, 0.3) is 0 Å². The Kier molecular flexibility index (Phi) is 6.32. The van der Waals surface area contributed by atoms with E-state index in [4.69, 9.17) is 14.2 Å². The van der Waals surface area contributed by atoms with E-state index in [1.54, 1.807) is 23.1 Å². The van der Waals surface area contributed by atoms with E-state index >= 15 is 0 Å². The summed E-state index contributed by atoms with van der Waals surface area (Å²) in [6.45, 7) is 4.26. The van der Waals surface area contributed by atoms with Gasteiger partial charge in [0.05, 0.1) is 6.42 Å². The molecule has 146 valence electrons. The van der Waals surface area contributed by atoms with Crippen LogP contribution in [-0.2, 0) is 14.3 Å². The van der Waals surface area contributed by atoms with Gasteiger partial charge in [-0.2, -0.15) is 0 Å². The molecule has 1 amide bonds. The second-order valence-corrected chi connectivity index (χ2v) is 7.01. The minimum Gasteiger partial charge on any atom is -0.486 e. The lowest BCUT2D eigenvalue weighted by Gasteiger charge is -2.30. The summed E-state index contributed by atoms with van der Waals surface area (Å²) in [6.07, 6.45) is 1.92. The number of fused-ring (bicyclic) bond motifs is 1. The molecule has 0 aliphatic carbocycles. The van der Waals surface area contributed by atoms with Crippen LogP contribution in [0.4, 0.5) is 0 Å². The molecule has 2 heterocycles. The molecular weight excluding hydrogens is 350 g/mol. The van der Waals surface area contributed by atoms with Crippen molar-refractivity contribution >= 4 is 17.7 Å². The van der Waals surface area contributed by atoms with Crippen LogP contribution < -0.4 is 9.47 Å². The van der Waals surface area contributed by atoms with Gasteiger partial charge in [0.2, 0.25) is 0 Å². The molecule has 0 atom stereocenters. The maximum absolute atomic E-state index is 12.3. The van der Waals surface area contributed by atoms with Gasteiger partial charge in [0.15, 0.2) is 23.9 Å². The lowest BCUT2D eigenvalue weighted by atomic mass is 9.99. The van der Waals surface area contributed by atoms with Crippen molar-refractivity contribution in [3.63, 3.8) is 0 Å². The van der Waals surface area contributed by atoms with Gasteiger partial charge in [-0.1, -0.05) is 6.92 Å². The third kappa shape index (κ3) is 5.21. The van der Waals surface area contributed by atoms with Crippen LogP contribution in [0.5, 0.6) is 11.5 Å². The molecule has 2 aliphatic rings. The monoisotopic (exact) mass is 375 g/mol. The zero-order chi connectivity index (χ0) is 19.2. The van der Waals surface area contributed by atoms with E-state index in [2.05, 4.69) is 6.92 Å². The maximum Gasteiger partial charge on any atom is 0.306 e. The predicted octanol–water partition coefficient (Wildman–Crippen LogP) is 2.22. The molecule has 0 bridgehead atoms. The molecule has 3 rings (SSSR count). The largest absolute Gasteiger partial charge is 0.486 e. The van der Waals surface area contributed by atoms with Gasteiger partial charge in [-0.25, -0.2) is 0 Å². The van der Waals surface area contributed by atoms with Crippen LogP contribution in [0, 0.1) is 5.92 Å². The normalized spacial score (nSPS) is 16.7. The van der Waals surface area contributed by atoms with Crippen LogP contribution in [0.3, 0.4) is 0 Å². The number of piperidine rings is 1. The Morgan fingerprint density at radius 1 is 1.07 bits per heavy atom. The molecule has 1 aromatic carbocycles. The Labute approximate surface area is 158 Å². The third-order valence-electron chi connectivity index (χ3n) is 4.91. The van der Waals surface area contributed by atoms with Crippen molar-refractivity contribution in [3.05, 3.63) is 23.8 Å². The van der Waals surface area contributed by atoms with E-state index in [1.165, 1.54) is 0 Å². The van der Waals surface area contributed by atoms with Crippen LogP contribution in [-0.4, -0.2) is 55.5 Å². The van der Waals surface area contributed by atoms with Gasteiger partial charge < -0.3 is 19.1 Å². The van der Waals surface area contributed by atoms with Crippen molar-refractivity contribution < 1.29 is 28.6 Å². The highest BCUT2D eigenvalue weighted by atomic mass is 16.6. The average Bonchev–Trinajstić information content (AvgIpc) is 2.70. The molecule has 0 radical (unpaired) electrons. The lowest BCUT2D eigenvalue weighted by Crippen LogP contribution is -2.40. The van der Waals surface area contributed by atoms with E-state index in [1.807, 2.05) is 0 Å². The number of ether oxygens (including phenoxy) is 3. The molecule has 1 saturated heterocycles. The summed E-state index contributed by atoms with van der Waals surface area (Å²) < 4.78 is 15.9. The van der Waals surface area contributed by atoms with E-state index in [0.717, 1.165) is 12.8 Å². The molecular formula is C20H25NO6. The van der Waals surface area contributed by atoms with E-state index < -0.39 is 5.97 Å². The summed E-state index contributed by atoms with van der Waals surface area (Å²) in [5, 5.41) is 0. The summed E-state index contributed by atoms with van der Waals surface area (Å²) in [5.41, 5.74) is 0.463. The van der Waals surface area contributed by atoms with E-state index in [0.29, 0.717) is 49.3 Å². The SMILES string of the molecule is CC1CCN(C(=O)COC(=O)CCC(=O)c2ccc3c(c2)OCCO3)CC1. The highest BCUT2D eigenvalue weighted by Gasteiger charge is 2.21. The fourth-order valence-corrected chi connectivity index (χ4v) is 3.14. The van der Waals surface area contributed by atoms with Gasteiger partial charge >= 0.3 is 5.97 Å². The number of benzene rings is 1. The fraction of sp³-hybridized carbons (Fsp3) is 0.550. The van der Waals surface area contributed by atoms with Crippen molar-refractivity contribution in [3.8, 4) is 11.5 Å². The van der Waals surface area contributed by atoms with Gasteiger partial charge in [-0.05, 0) is 37.0 Å². The van der Waals surface area contributed by atoms with Crippen LogP contribution >= 0.6 is 0 Å². The van der Waals surface area contributed by atoms with Crippen LogP contribution in [0.1, 0.15) is 43.0 Å². The van der Waals surface area contributed by atoms with E-state index in [-0.39, 0.29) is 31.1 Å². The van der Waals surface area contributed by atoms with Gasteiger partial charge in [0.1, 0.15) is 13.2 Å². The van der Waals surface area contributed by atoms with Gasteiger partial charge in [-0.15, -0.1) is 0 Å². The van der Waals surface area contributed by atoms with Crippen molar-refractivity contribution in [1.29, 1.82) is 0 Å². The first-order chi connectivity index (χ1) is 13.0. The molecule has 27 heavy (non-hydrogen) atoms. The lowest BCUT2D eigenvalue weighted by molar-refractivity contribution is -0.152. The van der Waals surface area contributed by atoms with E-state index in [9.17, 15) is 14.4 Å². The molecule has 0 saturated carbocycles. The summed E-state index contributed by atoms with van der Waals surface area (Å²) in [4.78, 5) is 37.9. The number of hydrogen-bond donors (Lipinski definition) is 0. The van der Waals surface area contributed by atoms with Gasteiger partial charge in [-0.3, -0.25) is 14.4 Å². The maximum atomic E-state index is 12.3. The molecule has 0 aromatic heterocycles. The zero-order valence-corrected chi connectivity index (χ0v) is 15.6. The number of esters is 1. The summed E-state index contributed by atoms with van der Waals surface area (Å²) in [6, 6.07) is 4.98. The molecule has 0 spiro atoms. The first-order valence-electron chi connectivity index (χ1n) is 9.39. The van der Waals surface area contributed by atoms with Crippen molar-refractivity contribution in [2.45, 2.75) is 32.6 Å². The molecule has 7 nitrogen and oxygen atoms in total.